The first-order chi connectivity index (χ1) is 10.3. The van der Waals surface area contributed by atoms with Gasteiger partial charge in [0.2, 0.25) is 0 Å². The molecule has 0 saturated carbocycles. The Hall–Kier alpha value is -0.770. The fourth-order valence-electron chi connectivity index (χ4n) is 2.11. The second-order valence-corrected chi connectivity index (χ2v) is 6.50. The Balaban J connectivity index is 0.00000484. The monoisotopic (exact) mass is 441 g/mol. The highest BCUT2D eigenvalue weighted by molar-refractivity contribution is 14.0. The lowest BCUT2D eigenvalue weighted by Gasteiger charge is -2.35. The highest BCUT2D eigenvalue weighted by Gasteiger charge is 2.25. The minimum atomic E-state index is -0.437. The number of halogens is 1. The van der Waals surface area contributed by atoms with Crippen molar-refractivity contribution in [3.63, 3.8) is 0 Å². The SMILES string of the molecule is CCCN=C(N)NCCN1CCN(C(=O)OC(C)(C)C)CC1.I. The molecule has 0 aromatic rings. The molecule has 1 heterocycles. The first kappa shape index (κ1) is 22.2. The van der Waals surface area contributed by atoms with Gasteiger partial charge in [-0.05, 0) is 27.2 Å². The van der Waals surface area contributed by atoms with Crippen LogP contribution in [0.25, 0.3) is 0 Å². The van der Waals surface area contributed by atoms with Gasteiger partial charge in [-0.2, -0.15) is 0 Å². The standard InChI is InChI=1S/C15H31N5O2.HI/c1-5-6-17-13(16)18-7-8-19-9-11-20(12-10-19)14(21)22-15(2,3)4;/h5-12H2,1-4H3,(H3,16,17,18);1H. The molecule has 1 fully saturated rings. The van der Waals surface area contributed by atoms with Crippen LogP contribution in [-0.4, -0.2) is 73.3 Å². The van der Waals surface area contributed by atoms with Gasteiger partial charge in [0.1, 0.15) is 5.60 Å². The molecule has 0 radical (unpaired) electrons. The molecular weight excluding hydrogens is 409 g/mol. The lowest BCUT2D eigenvalue weighted by molar-refractivity contribution is 0.0147. The summed E-state index contributed by atoms with van der Waals surface area (Å²) < 4.78 is 5.39. The van der Waals surface area contributed by atoms with Crippen molar-refractivity contribution in [2.45, 2.75) is 39.7 Å². The maximum Gasteiger partial charge on any atom is 0.410 e. The number of piperazine rings is 1. The third kappa shape index (κ3) is 9.85. The number of nitrogens with zero attached hydrogens (tertiary/aromatic N) is 3. The number of carbonyl (C=O) groups excluding carboxylic acids is 1. The highest BCUT2D eigenvalue weighted by atomic mass is 127. The molecule has 3 N–H and O–H groups in total. The average Bonchev–Trinajstić information content (AvgIpc) is 2.44. The van der Waals surface area contributed by atoms with Crippen molar-refractivity contribution in [2.24, 2.45) is 10.7 Å². The topological polar surface area (TPSA) is 83.2 Å². The predicted octanol–water partition coefficient (Wildman–Crippen LogP) is 1.47. The van der Waals surface area contributed by atoms with Crippen LogP contribution in [0, 0.1) is 0 Å². The molecule has 0 bridgehead atoms. The van der Waals surface area contributed by atoms with E-state index in [0.717, 1.165) is 39.1 Å². The zero-order chi connectivity index (χ0) is 16.6. The number of ether oxygens (including phenoxy) is 1. The lowest BCUT2D eigenvalue weighted by Crippen LogP contribution is -2.51. The van der Waals surface area contributed by atoms with Gasteiger partial charge in [-0.3, -0.25) is 9.89 Å². The molecule has 23 heavy (non-hydrogen) atoms. The zero-order valence-electron chi connectivity index (χ0n) is 14.8. The van der Waals surface area contributed by atoms with Crippen molar-refractivity contribution in [2.75, 3.05) is 45.8 Å². The maximum absolute atomic E-state index is 12.0. The molecule has 1 aliphatic heterocycles. The van der Waals surface area contributed by atoms with Crippen LogP contribution in [0.1, 0.15) is 34.1 Å². The first-order valence-corrected chi connectivity index (χ1v) is 8.06. The summed E-state index contributed by atoms with van der Waals surface area (Å²) in [5, 5.41) is 3.11. The van der Waals surface area contributed by atoms with E-state index in [0.29, 0.717) is 19.0 Å². The molecule has 0 spiro atoms. The number of nitrogens with one attached hydrogen (secondary N) is 1. The van der Waals surface area contributed by atoms with E-state index < -0.39 is 5.60 Å². The van der Waals surface area contributed by atoms with Crippen LogP contribution in [0.15, 0.2) is 4.99 Å². The summed E-state index contributed by atoms with van der Waals surface area (Å²) in [5.74, 6) is 0.509. The molecule has 0 atom stereocenters. The second-order valence-electron chi connectivity index (χ2n) is 6.50. The smallest absolute Gasteiger partial charge is 0.410 e. The Morgan fingerprint density at radius 2 is 1.87 bits per heavy atom. The Labute approximate surface area is 157 Å². The highest BCUT2D eigenvalue weighted by Crippen LogP contribution is 2.11. The Morgan fingerprint density at radius 3 is 2.39 bits per heavy atom. The van der Waals surface area contributed by atoms with Gasteiger partial charge in [-0.1, -0.05) is 6.92 Å². The van der Waals surface area contributed by atoms with Crippen LogP contribution in [0.3, 0.4) is 0 Å². The summed E-state index contributed by atoms with van der Waals surface area (Å²) in [6.45, 7) is 13.3. The number of amides is 1. The van der Waals surface area contributed by atoms with E-state index in [1.54, 1.807) is 4.90 Å². The Kier molecular flexibility index (Phi) is 10.5. The van der Waals surface area contributed by atoms with Gasteiger partial charge < -0.3 is 20.7 Å². The van der Waals surface area contributed by atoms with Crippen LogP contribution in [0.5, 0.6) is 0 Å². The van der Waals surface area contributed by atoms with Crippen molar-refractivity contribution in [1.82, 2.24) is 15.1 Å². The van der Waals surface area contributed by atoms with Gasteiger partial charge >= 0.3 is 6.09 Å². The molecule has 7 nitrogen and oxygen atoms in total. The van der Waals surface area contributed by atoms with E-state index in [1.807, 2.05) is 20.8 Å². The predicted molar refractivity (Wildman–Crippen MR) is 104 cm³/mol. The number of aliphatic imine (C=N–C) groups is 1. The third-order valence-electron chi connectivity index (χ3n) is 3.26. The largest absolute Gasteiger partial charge is 0.444 e. The van der Waals surface area contributed by atoms with E-state index in [9.17, 15) is 4.79 Å². The van der Waals surface area contributed by atoms with Crippen molar-refractivity contribution in [1.29, 1.82) is 0 Å². The zero-order valence-corrected chi connectivity index (χ0v) is 17.1. The van der Waals surface area contributed by atoms with Gasteiger partial charge in [0.25, 0.3) is 0 Å². The quantitative estimate of drug-likeness (QED) is 0.384. The van der Waals surface area contributed by atoms with Crippen molar-refractivity contribution in [3.05, 3.63) is 0 Å². The molecule has 1 rings (SSSR count). The average molecular weight is 441 g/mol. The molecule has 0 aromatic heterocycles. The van der Waals surface area contributed by atoms with E-state index in [1.165, 1.54) is 0 Å². The number of guanidine groups is 1. The summed E-state index contributed by atoms with van der Waals surface area (Å²) in [7, 11) is 0. The second kappa shape index (κ2) is 10.9. The fourth-order valence-corrected chi connectivity index (χ4v) is 2.11. The van der Waals surface area contributed by atoms with Gasteiger partial charge in [0.05, 0.1) is 0 Å². The fraction of sp³-hybridized carbons (Fsp3) is 0.867. The summed E-state index contributed by atoms with van der Waals surface area (Å²) >= 11 is 0. The molecule has 0 unspecified atom stereocenters. The Morgan fingerprint density at radius 1 is 1.26 bits per heavy atom. The van der Waals surface area contributed by atoms with Crippen LogP contribution in [0.4, 0.5) is 4.79 Å². The molecule has 0 aliphatic carbocycles. The Bertz CT molecular complexity index is 377. The number of rotatable bonds is 5. The molecule has 1 amide bonds. The summed E-state index contributed by atoms with van der Waals surface area (Å²) in [4.78, 5) is 20.2. The van der Waals surface area contributed by atoms with Crippen LogP contribution in [-0.2, 0) is 4.74 Å². The summed E-state index contributed by atoms with van der Waals surface area (Å²) in [5.41, 5.74) is 5.31. The van der Waals surface area contributed by atoms with Gasteiger partial charge in [0.15, 0.2) is 5.96 Å². The minimum Gasteiger partial charge on any atom is -0.444 e. The molecule has 136 valence electrons. The molecule has 1 aliphatic rings. The van der Waals surface area contributed by atoms with Crippen LogP contribution in [0.2, 0.25) is 0 Å². The van der Waals surface area contributed by atoms with E-state index in [4.69, 9.17) is 10.5 Å². The number of carbonyl (C=O) groups is 1. The molecular formula is C15H32IN5O2. The molecule has 0 aromatic carbocycles. The van der Waals surface area contributed by atoms with Crippen molar-refractivity contribution >= 4 is 36.0 Å². The number of nitrogens with two attached hydrogens (primary N) is 1. The normalized spacial score (nSPS) is 16.7. The van der Waals surface area contributed by atoms with Crippen LogP contribution >= 0.6 is 24.0 Å². The first-order valence-electron chi connectivity index (χ1n) is 8.06. The number of hydrogen-bond acceptors (Lipinski definition) is 4. The van der Waals surface area contributed by atoms with E-state index >= 15 is 0 Å². The molecule has 1 saturated heterocycles. The summed E-state index contributed by atoms with van der Waals surface area (Å²) in [6.07, 6.45) is 0.774. The summed E-state index contributed by atoms with van der Waals surface area (Å²) in [6, 6.07) is 0. The van der Waals surface area contributed by atoms with Crippen molar-refractivity contribution in [3.8, 4) is 0 Å². The van der Waals surface area contributed by atoms with E-state index in [-0.39, 0.29) is 30.1 Å². The van der Waals surface area contributed by atoms with Gasteiger partial charge in [0, 0.05) is 45.8 Å². The maximum atomic E-state index is 12.0. The third-order valence-corrected chi connectivity index (χ3v) is 3.26. The van der Waals surface area contributed by atoms with Crippen molar-refractivity contribution < 1.29 is 9.53 Å². The van der Waals surface area contributed by atoms with Gasteiger partial charge in [-0.25, -0.2) is 4.79 Å². The van der Waals surface area contributed by atoms with Gasteiger partial charge in [-0.15, -0.1) is 24.0 Å². The van der Waals surface area contributed by atoms with E-state index in [2.05, 4.69) is 22.1 Å². The molecule has 8 heteroatoms. The van der Waals surface area contributed by atoms with Crippen LogP contribution < -0.4 is 11.1 Å². The number of hydrogen-bond donors (Lipinski definition) is 2. The lowest BCUT2D eigenvalue weighted by atomic mass is 10.2. The minimum absolute atomic E-state index is 0.